The zero-order valence-corrected chi connectivity index (χ0v) is 11.8. The van der Waals surface area contributed by atoms with Crippen LogP contribution in [0.1, 0.15) is 24.6 Å². The molecule has 0 saturated heterocycles. The largest absolute Gasteiger partial charge is 0.376 e. The Morgan fingerprint density at radius 1 is 1.42 bits per heavy atom. The molecule has 100 valence electrons. The summed E-state index contributed by atoms with van der Waals surface area (Å²) in [5.74, 6) is 1.77. The first-order valence-corrected chi connectivity index (χ1v) is 7.51. The average molecular weight is 275 g/mol. The number of aromatic nitrogens is 2. The van der Waals surface area contributed by atoms with Crippen LogP contribution >= 0.6 is 11.3 Å². The topological polar surface area (TPSA) is 47.0 Å². The van der Waals surface area contributed by atoms with E-state index in [1.165, 1.54) is 0 Å². The standard InChI is InChI=1S/C14H17N3OS/c1-2-6-15-13-10-9-18-7-5-11(10)16-14(17-13)12-4-3-8-19-12/h3-4,8H,2,5-7,9H2,1H3,(H,15,16,17). The van der Waals surface area contributed by atoms with Gasteiger partial charge >= 0.3 is 0 Å². The van der Waals surface area contributed by atoms with Gasteiger partial charge in [0, 0.05) is 18.5 Å². The van der Waals surface area contributed by atoms with Crippen molar-refractivity contribution >= 4 is 17.2 Å². The molecule has 0 radical (unpaired) electrons. The molecular formula is C14H17N3OS. The van der Waals surface area contributed by atoms with E-state index in [1.54, 1.807) is 11.3 Å². The number of anilines is 1. The van der Waals surface area contributed by atoms with E-state index in [0.29, 0.717) is 6.61 Å². The minimum absolute atomic E-state index is 0.617. The Morgan fingerprint density at radius 2 is 2.37 bits per heavy atom. The molecule has 5 heteroatoms. The van der Waals surface area contributed by atoms with Crippen LogP contribution in [0.3, 0.4) is 0 Å². The third-order valence-corrected chi connectivity index (χ3v) is 3.97. The van der Waals surface area contributed by atoms with Gasteiger partial charge in [-0.15, -0.1) is 11.3 Å². The summed E-state index contributed by atoms with van der Waals surface area (Å²) in [6.07, 6.45) is 1.95. The smallest absolute Gasteiger partial charge is 0.171 e. The molecule has 3 rings (SSSR count). The molecule has 2 aromatic rings. The predicted octanol–water partition coefficient (Wildman–Crippen LogP) is 3.10. The Morgan fingerprint density at radius 3 is 3.16 bits per heavy atom. The van der Waals surface area contributed by atoms with Crippen molar-refractivity contribution in [2.75, 3.05) is 18.5 Å². The quantitative estimate of drug-likeness (QED) is 0.931. The van der Waals surface area contributed by atoms with Crippen molar-refractivity contribution in [3.8, 4) is 10.7 Å². The SMILES string of the molecule is CCCNc1nc(-c2cccs2)nc2c1COCC2. The van der Waals surface area contributed by atoms with Gasteiger partial charge in [-0.3, -0.25) is 0 Å². The van der Waals surface area contributed by atoms with Gasteiger partial charge in [0.25, 0.3) is 0 Å². The molecule has 1 aliphatic rings. The summed E-state index contributed by atoms with van der Waals surface area (Å²) in [4.78, 5) is 10.5. The molecule has 4 nitrogen and oxygen atoms in total. The second kappa shape index (κ2) is 5.67. The van der Waals surface area contributed by atoms with Crippen molar-refractivity contribution in [1.82, 2.24) is 9.97 Å². The number of fused-ring (bicyclic) bond motifs is 1. The van der Waals surface area contributed by atoms with Crippen LogP contribution in [0.25, 0.3) is 10.7 Å². The van der Waals surface area contributed by atoms with Crippen LogP contribution in [0.4, 0.5) is 5.82 Å². The maximum Gasteiger partial charge on any atom is 0.171 e. The number of nitrogens with zero attached hydrogens (tertiary/aromatic N) is 2. The first-order valence-electron chi connectivity index (χ1n) is 6.63. The van der Waals surface area contributed by atoms with Crippen LogP contribution in [-0.2, 0) is 17.8 Å². The zero-order valence-electron chi connectivity index (χ0n) is 11.0. The molecule has 0 saturated carbocycles. The fourth-order valence-corrected chi connectivity index (χ4v) is 2.80. The van der Waals surface area contributed by atoms with Crippen LogP contribution in [0, 0.1) is 0 Å². The molecule has 1 aliphatic heterocycles. The van der Waals surface area contributed by atoms with Crippen molar-refractivity contribution in [1.29, 1.82) is 0 Å². The van der Waals surface area contributed by atoms with E-state index in [2.05, 4.69) is 28.7 Å². The molecule has 3 heterocycles. The Kier molecular flexibility index (Phi) is 3.75. The lowest BCUT2D eigenvalue weighted by molar-refractivity contribution is 0.109. The molecule has 0 amide bonds. The van der Waals surface area contributed by atoms with Gasteiger partial charge in [0.1, 0.15) is 5.82 Å². The summed E-state index contributed by atoms with van der Waals surface area (Å²) in [5.41, 5.74) is 2.25. The normalized spacial score (nSPS) is 14.2. The van der Waals surface area contributed by atoms with Gasteiger partial charge in [-0.25, -0.2) is 9.97 Å². The highest BCUT2D eigenvalue weighted by molar-refractivity contribution is 7.13. The average Bonchev–Trinajstić information content (AvgIpc) is 2.98. The molecular weight excluding hydrogens is 258 g/mol. The van der Waals surface area contributed by atoms with E-state index >= 15 is 0 Å². The molecule has 0 spiro atoms. The van der Waals surface area contributed by atoms with E-state index in [1.807, 2.05) is 6.07 Å². The lowest BCUT2D eigenvalue weighted by Crippen LogP contribution is -2.17. The first-order chi connectivity index (χ1) is 9.38. The molecule has 0 fully saturated rings. The van der Waals surface area contributed by atoms with Crippen molar-refractivity contribution in [3.05, 3.63) is 28.8 Å². The van der Waals surface area contributed by atoms with E-state index in [0.717, 1.165) is 53.8 Å². The molecule has 2 aromatic heterocycles. The summed E-state index contributed by atoms with van der Waals surface area (Å²) in [5, 5.41) is 5.45. The van der Waals surface area contributed by atoms with Gasteiger partial charge in [0.15, 0.2) is 5.82 Å². The Labute approximate surface area is 116 Å². The third kappa shape index (κ3) is 2.62. The van der Waals surface area contributed by atoms with Crippen LogP contribution in [0.2, 0.25) is 0 Å². The second-order valence-electron chi connectivity index (χ2n) is 4.53. The summed E-state index contributed by atoms with van der Waals surface area (Å²) < 4.78 is 5.53. The molecule has 1 N–H and O–H groups in total. The number of hydrogen-bond acceptors (Lipinski definition) is 5. The van der Waals surface area contributed by atoms with Gasteiger partial charge in [-0.1, -0.05) is 13.0 Å². The molecule has 19 heavy (non-hydrogen) atoms. The van der Waals surface area contributed by atoms with Crippen molar-refractivity contribution in [2.24, 2.45) is 0 Å². The van der Waals surface area contributed by atoms with Crippen molar-refractivity contribution < 1.29 is 4.74 Å². The highest BCUT2D eigenvalue weighted by atomic mass is 32.1. The van der Waals surface area contributed by atoms with Gasteiger partial charge in [0.2, 0.25) is 0 Å². The summed E-state index contributed by atoms with van der Waals surface area (Å²) in [6, 6.07) is 4.10. The van der Waals surface area contributed by atoms with Gasteiger partial charge in [0.05, 0.1) is 23.8 Å². The highest BCUT2D eigenvalue weighted by Crippen LogP contribution is 2.28. The third-order valence-electron chi connectivity index (χ3n) is 3.11. The molecule has 0 aliphatic carbocycles. The van der Waals surface area contributed by atoms with Crippen LogP contribution in [0.15, 0.2) is 17.5 Å². The van der Waals surface area contributed by atoms with E-state index in [4.69, 9.17) is 9.72 Å². The van der Waals surface area contributed by atoms with Crippen molar-refractivity contribution in [2.45, 2.75) is 26.4 Å². The second-order valence-corrected chi connectivity index (χ2v) is 5.48. The van der Waals surface area contributed by atoms with E-state index in [9.17, 15) is 0 Å². The number of nitrogens with one attached hydrogen (secondary N) is 1. The first kappa shape index (κ1) is 12.6. The van der Waals surface area contributed by atoms with Gasteiger partial charge in [-0.05, 0) is 17.9 Å². The fraction of sp³-hybridized carbons (Fsp3) is 0.429. The Bertz CT molecular complexity index is 554. The zero-order chi connectivity index (χ0) is 13.1. The summed E-state index contributed by atoms with van der Waals surface area (Å²) in [7, 11) is 0. The summed E-state index contributed by atoms with van der Waals surface area (Å²) in [6.45, 7) is 4.44. The molecule has 0 atom stereocenters. The Balaban J connectivity index is 2.02. The minimum Gasteiger partial charge on any atom is -0.376 e. The van der Waals surface area contributed by atoms with E-state index < -0.39 is 0 Å². The van der Waals surface area contributed by atoms with Crippen LogP contribution < -0.4 is 5.32 Å². The predicted molar refractivity (Wildman–Crippen MR) is 77.5 cm³/mol. The fourth-order valence-electron chi connectivity index (χ4n) is 2.14. The minimum atomic E-state index is 0.617. The highest BCUT2D eigenvalue weighted by Gasteiger charge is 2.18. The van der Waals surface area contributed by atoms with Crippen LogP contribution in [0.5, 0.6) is 0 Å². The van der Waals surface area contributed by atoms with E-state index in [-0.39, 0.29) is 0 Å². The number of hydrogen-bond donors (Lipinski definition) is 1. The number of ether oxygens (including phenoxy) is 1. The summed E-state index contributed by atoms with van der Waals surface area (Å²) >= 11 is 1.68. The lowest BCUT2D eigenvalue weighted by atomic mass is 10.1. The van der Waals surface area contributed by atoms with Crippen molar-refractivity contribution in [3.63, 3.8) is 0 Å². The number of thiophene rings is 1. The van der Waals surface area contributed by atoms with Gasteiger partial charge in [-0.2, -0.15) is 0 Å². The monoisotopic (exact) mass is 275 g/mol. The molecule has 0 bridgehead atoms. The van der Waals surface area contributed by atoms with Crippen LogP contribution in [-0.4, -0.2) is 23.1 Å². The van der Waals surface area contributed by atoms with Gasteiger partial charge < -0.3 is 10.1 Å². The lowest BCUT2D eigenvalue weighted by Gasteiger charge is -2.19. The maximum atomic E-state index is 5.53. The Hall–Kier alpha value is -1.46. The molecule has 0 unspecified atom stereocenters. The molecule has 0 aromatic carbocycles. The number of rotatable bonds is 4. The maximum absolute atomic E-state index is 5.53.